The number of para-hydroxylation sites is 1. The molecule has 7 nitrogen and oxygen atoms in total. The van der Waals surface area contributed by atoms with Crippen molar-refractivity contribution in [3.63, 3.8) is 0 Å². The molecular weight excluding hydrogens is 662 g/mol. The molecule has 0 fully saturated rings. The van der Waals surface area contributed by atoms with E-state index in [0.29, 0.717) is 6.54 Å². The lowest BCUT2D eigenvalue weighted by Crippen LogP contribution is -2.53. The third kappa shape index (κ3) is 8.71. The van der Waals surface area contributed by atoms with Crippen LogP contribution in [0.3, 0.4) is 0 Å². The summed E-state index contributed by atoms with van der Waals surface area (Å²) in [7, 11) is -4.21. The summed E-state index contributed by atoms with van der Waals surface area (Å²) >= 11 is 10.0. The highest BCUT2D eigenvalue weighted by atomic mass is 79.9. The van der Waals surface area contributed by atoms with Crippen molar-refractivity contribution in [2.45, 2.75) is 43.7 Å². The molecular formula is C34H35BrClN3O4S. The predicted octanol–water partition coefficient (Wildman–Crippen LogP) is 6.85. The zero-order chi connectivity index (χ0) is 31.5. The quantitative estimate of drug-likeness (QED) is 0.146. The molecule has 0 aliphatic rings. The first-order chi connectivity index (χ1) is 21.2. The minimum atomic E-state index is -4.21. The van der Waals surface area contributed by atoms with Crippen molar-refractivity contribution in [2.75, 3.05) is 17.4 Å². The SMILES string of the molecule is CCCCNC(=O)[C@H](Cc1ccccc1)N(Cc1cccc(Br)c1)C(=O)CN(c1ccccc1Cl)S(=O)(=O)c1ccccc1. The van der Waals surface area contributed by atoms with Crippen LogP contribution >= 0.6 is 27.5 Å². The first-order valence-corrected chi connectivity index (χ1v) is 17.0. The minimum Gasteiger partial charge on any atom is -0.354 e. The van der Waals surface area contributed by atoms with Gasteiger partial charge in [-0.2, -0.15) is 0 Å². The monoisotopic (exact) mass is 695 g/mol. The Hall–Kier alpha value is -3.66. The molecule has 0 bridgehead atoms. The van der Waals surface area contributed by atoms with E-state index >= 15 is 0 Å². The maximum atomic E-state index is 14.5. The second-order valence-corrected chi connectivity index (χ2v) is 13.5. The van der Waals surface area contributed by atoms with E-state index < -0.39 is 28.5 Å². The van der Waals surface area contributed by atoms with Gasteiger partial charge in [0.05, 0.1) is 15.6 Å². The first kappa shape index (κ1) is 33.2. The average Bonchev–Trinajstić information content (AvgIpc) is 3.03. The van der Waals surface area contributed by atoms with Gasteiger partial charge in [0.25, 0.3) is 10.0 Å². The molecule has 0 aromatic heterocycles. The van der Waals surface area contributed by atoms with Crippen LogP contribution in [0.15, 0.2) is 119 Å². The van der Waals surface area contributed by atoms with Gasteiger partial charge in [-0.25, -0.2) is 8.42 Å². The molecule has 0 spiro atoms. The molecule has 0 unspecified atom stereocenters. The van der Waals surface area contributed by atoms with E-state index in [1.165, 1.54) is 17.0 Å². The second-order valence-electron chi connectivity index (χ2n) is 10.3. The Morgan fingerprint density at radius 2 is 1.50 bits per heavy atom. The van der Waals surface area contributed by atoms with E-state index in [-0.39, 0.29) is 34.5 Å². The fourth-order valence-electron chi connectivity index (χ4n) is 4.78. The first-order valence-electron chi connectivity index (χ1n) is 14.4. The van der Waals surface area contributed by atoms with Gasteiger partial charge in [-0.15, -0.1) is 0 Å². The number of benzene rings is 4. The molecule has 2 amide bonds. The van der Waals surface area contributed by atoms with Gasteiger partial charge in [-0.1, -0.05) is 114 Å². The number of carbonyl (C=O) groups is 2. The van der Waals surface area contributed by atoms with Gasteiger partial charge >= 0.3 is 0 Å². The molecule has 1 N–H and O–H groups in total. The Morgan fingerprint density at radius 3 is 2.16 bits per heavy atom. The topological polar surface area (TPSA) is 86.8 Å². The number of unbranched alkanes of at least 4 members (excludes halogenated alkanes) is 1. The van der Waals surface area contributed by atoms with Crippen LogP contribution in [0.5, 0.6) is 0 Å². The van der Waals surface area contributed by atoms with Crippen molar-refractivity contribution in [2.24, 2.45) is 0 Å². The number of carbonyl (C=O) groups excluding carboxylic acids is 2. The van der Waals surface area contributed by atoms with Gasteiger partial charge in [-0.3, -0.25) is 13.9 Å². The molecule has 4 aromatic rings. The lowest BCUT2D eigenvalue weighted by molar-refractivity contribution is -0.140. The summed E-state index contributed by atoms with van der Waals surface area (Å²) in [6.07, 6.45) is 1.93. The molecule has 1 atom stereocenters. The minimum absolute atomic E-state index is 0.0180. The summed E-state index contributed by atoms with van der Waals surface area (Å²) in [6, 6.07) is 30.4. The van der Waals surface area contributed by atoms with E-state index in [0.717, 1.165) is 32.7 Å². The highest BCUT2D eigenvalue weighted by Crippen LogP contribution is 2.31. The lowest BCUT2D eigenvalue weighted by Gasteiger charge is -2.34. The van der Waals surface area contributed by atoms with Gasteiger partial charge in [0.15, 0.2) is 0 Å². The van der Waals surface area contributed by atoms with Crippen molar-refractivity contribution < 1.29 is 18.0 Å². The third-order valence-electron chi connectivity index (χ3n) is 7.07. The van der Waals surface area contributed by atoms with Crippen molar-refractivity contribution in [1.82, 2.24) is 10.2 Å². The summed E-state index contributed by atoms with van der Waals surface area (Å²) in [4.78, 5) is 29.7. The number of rotatable bonds is 14. The molecule has 10 heteroatoms. The molecule has 0 aliphatic heterocycles. The van der Waals surface area contributed by atoms with Crippen LogP contribution in [0, 0.1) is 0 Å². The normalized spacial score (nSPS) is 11.9. The molecule has 0 saturated heterocycles. The smallest absolute Gasteiger partial charge is 0.264 e. The van der Waals surface area contributed by atoms with Gasteiger partial charge in [0.1, 0.15) is 12.6 Å². The number of sulfonamides is 1. The fourth-order valence-corrected chi connectivity index (χ4v) is 6.97. The zero-order valence-corrected chi connectivity index (χ0v) is 27.6. The Balaban J connectivity index is 1.79. The van der Waals surface area contributed by atoms with Crippen molar-refractivity contribution in [1.29, 1.82) is 0 Å². The van der Waals surface area contributed by atoms with E-state index in [4.69, 9.17) is 11.6 Å². The van der Waals surface area contributed by atoms with Crippen LogP contribution in [0.1, 0.15) is 30.9 Å². The van der Waals surface area contributed by atoms with E-state index in [2.05, 4.69) is 21.2 Å². The number of nitrogens with one attached hydrogen (secondary N) is 1. The fraction of sp³-hybridized carbons (Fsp3) is 0.235. The Morgan fingerprint density at radius 1 is 0.864 bits per heavy atom. The summed E-state index contributed by atoms with van der Waals surface area (Å²) < 4.78 is 29.9. The summed E-state index contributed by atoms with van der Waals surface area (Å²) in [5.74, 6) is -0.850. The molecule has 0 saturated carbocycles. The third-order valence-corrected chi connectivity index (χ3v) is 9.66. The molecule has 4 rings (SSSR count). The Kier molecular flexibility index (Phi) is 12.0. The van der Waals surface area contributed by atoms with Crippen LogP contribution in [-0.4, -0.2) is 44.3 Å². The number of halogens is 2. The van der Waals surface area contributed by atoms with Crippen molar-refractivity contribution >= 4 is 55.1 Å². The Bertz CT molecular complexity index is 1660. The summed E-state index contributed by atoms with van der Waals surface area (Å²) in [6.45, 7) is 2.02. The van der Waals surface area contributed by atoms with Gasteiger partial charge in [-0.05, 0) is 53.9 Å². The zero-order valence-electron chi connectivity index (χ0n) is 24.4. The summed E-state index contributed by atoms with van der Waals surface area (Å²) in [5.41, 5.74) is 1.82. The van der Waals surface area contributed by atoms with Crippen molar-refractivity contribution in [3.05, 3.63) is 130 Å². The van der Waals surface area contributed by atoms with Gasteiger partial charge < -0.3 is 10.2 Å². The van der Waals surface area contributed by atoms with E-state index in [1.807, 2.05) is 61.5 Å². The second kappa shape index (κ2) is 15.9. The molecule has 0 aliphatic carbocycles. The molecule has 44 heavy (non-hydrogen) atoms. The molecule has 4 aromatic carbocycles. The predicted molar refractivity (Wildman–Crippen MR) is 179 cm³/mol. The number of amides is 2. The Labute approximate surface area is 273 Å². The number of hydrogen-bond donors (Lipinski definition) is 1. The highest BCUT2D eigenvalue weighted by Gasteiger charge is 2.35. The van der Waals surface area contributed by atoms with Crippen LogP contribution in [-0.2, 0) is 32.6 Å². The number of nitrogens with zero attached hydrogens (tertiary/aromatic N) is 2. The number of hydrogen-bond acceptors (Lipinski definition) is 4. The van der Waals surface area contributed by atoms with Crippen LogP contribution in [0.25, 0.3) is 0 Å². The lowest BCUT2D eigenvalue weighted by atomic mass is 10.0. The van der Waals surface area contributed by atoms with Crippen molar-refractivity contribution in [3.8, 4) is 0 Å². The molecule has 0 heterocycles. The van der Waals surface area contributed by atoms with Crippen LogP contribution in [0.2, 0.25) is 5.02 Å². The average molecular weight is 697 g/mol. The maximum Gasteiger partial charge on any atom is 0.264 e. The largest absolute Gasteiger partial charge is 0.354 e. The van der Waals surface area contributed by atoms with E-state index in [9.17, 15) is 18.0 Å². The van der Waals surface area contributed by atoms with E-state index in [1.54, 1.807) is 42.5 Å². The molecule has 230 valence electrons. The molecule has 0 radical (unpaired) electrons. The summed E-state index contributed by atoms with van der Waals surface area (Å²) in [5, 5.41) is 3.17. The van der Waals surface area contributed by atoms with Crippen LogP contribution < -0.4 is 9.62 Å². The van der Waals surface area contributed by atoms with Crippen LogP contribution in [0.4, 0.5) is 5.69 Å². The van der Waals surface area contributed by atoms with Gasteiger partial charge in [0, 0.05) is 24.0 Å². The number of anilines is 1. The highest BCUT2D eigenvalue weighted by molar-refractivity contribution is 9.10. The standard InChI is InChI=1S/C34H35BrClN3O4S/c1-2-3-21-37-34(41)32(23-26-13-6-4-7-14-26)38(24-27-15-12-16-28(35)22-27)33(40)25-39(31-20-11-10-19-30(31)36)44(42,43)29-17-8-5-9-18-29/h4-20,22,32H,2-3,21,23-25H2,1H3,(H,37,41)/t32-/m0/s1. The maximum absolute atomic E-state index is 14.5. The van der Waals surface area contributed by atoms with Gasteiger partial charge in [0.2, 0.25) is 11.8 Å².